The van der Waals surface area contributed by atoms with Crippen LogP contribution in [-0.4, -0.2) is 19.6 Å². The van der Waals surface area contributed by atoms with Crippen molar-refractivity contribution in [3.63, 3.8) is 0 Å². The van der Waals surface area contributed by atoms with Gasteiger partial charge in [0.1, 0.15) is 11.6 Å². The van der Waals surface area contributed by atoms with Crippen molar-refractivity contribution in [3.8, 4) is 5.75 Å². The molecule has 0 saturated heterocycles. The van der Waals surface area contributed by atoms with Gasteiger partial charge in [0.15, 0.2) is 0 Å². The molecule has 4 heteroatoms. The molecule has 1 aromatic rings. The lowest BCUT2D eigenvalue weighted by Gasteiger charge is -2.41. The van der Waals surface area contributed by atoms with E-state index in [9.17, 15) is 4.39 Å². The first-order valence-corrected chi connectivity index (χ1v) is 7.66. The zero-order valence-corrected chi connectivity index (χ0v) is 14.0. The monoisotopic (exact) mass is 292 g/mol. The summed E-state index contributed by atoms with van der Waals surface area (Å²) in [6.07, 6.45) is 2.29. The molecule has 0 N–H and O–H groups in total. The van der Waals surface area contributed by atoms with Gasteiger partial charge in [-0.25, -0.2) is 4.39 Å². The van der Waals surface area contributed by atoms with Gasteiger partial charge in [-0.2, -0.15) is 0 Å². The number of hydrogen-bond donors (Lipinski definition) is 0. The van der Waals surface area contributed by atoms with Crippen molar-refractivity contribution >= 4 is 12.4 Å². The Morgan fingerprint density at radius 2 is 1.71 bits per heavy atom. The average molecular weight is 292 g/mol. The molecule has 21 heavy (non-hydrogen) atoms. The summed E-state index contributed by atoms with van der Waals surface area (Å²) in [6.45, 7) is 10.7. The van der Waals surface area contributed by atoms with Crippen LogP contribution < -0.4 is 10.2 Å². The molecule has 0 aromatic heterocycles. The topological polar surface area (TPSA) is 18.5 Å². The van der Waals surface area contributed by atoms with Crippen LogP contribution in [0.25, 0.3) is 0 Å². The third-order valence-corrected chi connectivity index (χ3v) is 4.74. The highest BCUT2D eigenvalue weighted by Gasteiger charge is 2.44. The summed E-state index contributed by atoms with van der Waals surface area (Å²) in [7, 11) is 1.56. The summed E-state index contributed by atoms with van der Waals surface area (Å²) in [5.74, 6) is 0.762. The largest absolute Gasteiger partial charge is 0.497 e. The second kappa shape index (κ2) is 5.64. The molecule has 0 amide bonds. The Balaban J connectivity index is 2.30. The Kier molecular flexibility index (Phi) is 4.39. The van der Waals surface area contributed by atoms with E-state index in [1.807, 2.05) is 6.07 Å². The molecular formula is C17H26BFO2. The average Bonchev–Trinajstić information content (AvgIpc) is 3.18. The van der Waals surface area contributed by atoms with Crippen molar-refractivity contribution in [3.05, 3.63) is 24.0 Å². The molecule has 0 heterocycles. The number of hydrogen-bond acceptors (Lipinski definition) is 2. The van der Waals surface area contributed by atoms with E-state index in [0.29, 0.717) is 11.6 Å². The molecule has 1 saturated carbocycles. The molecule has 2 rings (SSSR count). The van der Waals surface area contributed by atoms with Crippen LogP contribution in [0.1, 0.15) is 47.5 Å². The second-order valence-electron chi connectivity index (χ2n) is 7.56. The smallest absolute Gasteiger partial charge is 0.330 e. The van der Waals surface area contributed by atoms with E-state index in [2.05, 4.69) is 34.6 Å². The molecule has 0 spiro atoms. The standard InChI is InChI=1S/C17H26BFO2/c1-16(2,3)17(4,5)21-18(12-7-8-12)13-9-14(19)11-15(10-13)20-6/h9-12H,7-8H2,1-6H3. The third kappa shape index (κ3) is 3.79. The van der Waals surface area contributed by atoms with Gasteiger partial charge in [-0.05, 0) is 42.7 Å². The lowest BCUT2D eigenvalue weighted by atomic mass is 9.55. The Morgan fingerprint density at radius 3 is 2.19 bits per heavy atom. The number of methoxy groups -OCH3 is 1. The van der Waals surface area contributed by atoms with E-state index in [1.165, 1.54) is 6.07 Å². The van der Waals surface area contributed by atoms with Crippen molar-refractivity contribution in [2.75, 3.05) is 7.11 Å². The maximum atomic E-state index is 13.8. The van der Waals surface area contributed by atoms with E-state index in [-0.39, 0.29) is 23.7 Å². The molecule has 0 aliphatic heterocycles. The van der Waals surface area contributed by atoms with E-state index >= 15 is 0 Å². The predicted molar refractivity (Wildman–Crippen MR) is 85.9 cm³/mol. The summed E-state index contributed by atoms with van der Waals surface area (Å²) < 4.78 is 25.4. The molecule has 0 radical (unpaired) electrons. The second-order valence-corrected chi connectivity index (χ2v) is 7.56. The van der Waals surface area contributed by atoms with Crippen LogP contribution in [0.5, 0.6) is 5.75 Å². The number of rotatable bonds is 5. The fraction of sp³-hybridized carbons (Fsp3) is 0.647. The van der Waals surface area contributed by atoms with Crippen molar-refractivity contribution in [2.45, 2.75) is 58.9 Å². The minimum absolute atomic E-state index is 0.0115. The summed E-state index contributed by atoms with van der Waals surface area (Å²) in [5.41, 5.74) is 0.601. The van der Waals surface area contributed by atoms with Crippen LogP contribution in [0.15, 0.2) is 18.2 Å². The van der Waals surface area contributed by atoms with Crippen LogP contribution in [0.2, 0.25) is 5.82 Å². The SMILES string of the molecule is COc1cc(F)cc(B(OC(C)(C)C(C)(C)C)C2CC2)c1. The summed E-state index contributed by atoms with van der Waals surface area (Å²) in [4.78, 5) is 0. The molecule has 0 atom stereocenters. The number of ether oxygens (including phenoxy) is 1. The van der Waals surface area contributed by atoms with Crippen LogP contribution in [0, 0.1) is 11.2 Å². The Labute approximate surface area is 128 Å². The highest BCUT2D eigenvalue weighted by atomic mass is 19.1. The highest BCUT2D eigenvalue weighted by Crippen LogP contribution is 2.43. The molecule has 0 bridgehead atoms. The van der Waals surface area contributed by atoms with Crippen LogP contribution in [0.4, 0.5) is 4.39 Å². The van der Waals surface area contributed by atoms with Crippen LogP contribution in [0.3, 0.4) is 0 Å². The molecule has 2 nitrogen and oxygen atoms in total. The van der Waals surface area contributed by atoms with Gasteiger partial charge in [0, 0.05) is 6.07 Å². The maximum Gasteiger partial charge on any atom is 0.330 e. The summed E-state index contributed by atoms with van der Waals surface area (Å²) >= 11 is 0. The van der Waals surface area contributed by atoms with Gasteiger partial charge in [-0.1, -0.05) is 33.6 Å². The predicted octanol–water partition coefficient (Wildman–Crippen LogP) is 4.04. The lowest BCUT2D eigenvalue weighted by molar-refractivity contribution is -0.000943. The molecular weight excluding hydrogens is 266 g/mol. The molecule has 116 valence electrons. The number of benzene rings is 1. The van der Waals surface area contributed by atoms with Gasteiger partial charge in [-0.3, -0.25) is 0 Å². The minimum Gasteiger partial charge on any atom is -0.497 e. The van der Waals surface area contributed by atoms with Gasteiger partial charge in [-0.15, -0.1) is 0 Å². The van der Waals surface area contributed by atoms with Crippen molar-refractivity contribution < 1.29 is 13.8 Å². The zero-order valence-electron chi connectivity index (χ0n) is 14.0. The van der Waals surface area contributed by atoms with E-state index in [4.69, 9.17) is 9.39 Å². The molecule has 1 aliphatic rings. The van der Waals surface area contributed by atoms with Crippen LogP contribution >= 0.6 is 0 Å². The highest BCUT2D eigenvalue weighted by molar-refractivity contribution is 6.69. The first-order valence-electron chi connectivity index (χ1n) is 7.66. The quantitative estimate of drug-likeness (QED) is 0.763. The van der Waals surface area contributed by atoms with Gasteiger partial charge in [0.25, 0.3) is 0 Å². The lowest BCUT2D eigenvalue weighted by Crippen LogP contribution is -2.48. The van der Waals surface area contributed by atoms with Gasteiger partial charge in [0.2, 0.25) is 0 Å². The third-order valence-electron chi connectivity index (χ3n) is 4.74. The van der Waals surface area contributed by atoms with Crippen molar-refractivity contribution in [1.82, 2.24) is 0 Å². The van der Waals surface area contributed by atoms with Crippen molar-refractivity contribution in [2.24, 2.45) is 5.41 Å². The number of halogens is 1. The van der Waals surface area contributed by atoms with Gasteiger partial charge >= 0.3 is 6.92 Å². The van der Waals surface area contributed by atoms with E-state index in [0.717, 1.165) is 18.3 Å². The maximum absolute atomic E-state index is 13.8. The Bertz CT molecular complexity index is 504. The summed E-state index contributed by atoms with van der Waals surface area (Å²) in [5, 5.41) is 0. The summed E-state index contributed by atoms with van der Waals surface area (Å²) in [6, 6.07) is 4.87. The first-order chi connectivity index (χ1) is 9.64. The van der Waals surface area contributed by atoms with E-state index in [1.54, 1.807) is 13.2 Å². The van der Waals surface area contributed by atoms with Gasteiger partial charge in [0.05, 0.1) is 12.7 Å². The minimum atomic E-state index is -0.292. The first kappa shape index (κ1) is 16.3. The Hall–Kier alpha value is -1.03. The molecule has 1 aromatic carbocycles. The fourth-order valence-corrected chi connectivity index (χ4v) is 2.20. The van der Waals surface area contributed by atoms with E-state index < -0.39 is 0 Å². The fourth-order valence-electron chi connectivity index (χ4n) is 2.20. The molecule has 1 aliphatic carbocycles. The molecule has 1 fully saturated rings. The van der Waals surface area contributed by atoms with Crippen LogP contribution in [-0.2, 0) is 4.65 Å². The van der Waals surface area contributed by atoms with Gasteiger partial charge < -0.3 is 9.39 Å². The zero-order chi connectivity index (χ0) is 15.8. The normalized spacial score (nSPS) is 16.0. The van der Waals surface area contributed by atoms with Crippen molar-refractivity contribution in [1.29, 1.82) is 0 Å². The Morgan fingerprint density at radius 1 is 1.10 bits per heavy atom. The molecule has 0 unspecified atom stereocenters.